The van der Waals surface area contributed by atoms with Crippen molar-refractivity contribution < 1.29 is 14.3 Å². The first kappa shape index (κ1) is 15.8. The van der Waals surface area contributed by atoms with Crippen LogP contribution in [-0.4, -0.2) is 46.8 Å². The van der Waals surface area contributed by atoms with Crippen LogP contribution < -0.4 is 4.74 Å². The summed E-state index contributed by atoms with van der Waals surface area (Å²) in [5, 5.41) is 0. The molecule has 0 aliphatic carbocycles. The standard InChI is InChI=1S/C18H24N2O3/c1-13-12-23-17-9-4-3-7-15(17)11-20(13)18(22)16-8-5-6-10-19(16)14(2)21/h3-4,7,9,13,16H,5-6,8,10-12H2,1-2H3. The predicted octanol–water partition coefficient (Wildman–Crippen LogP) is 2.20. The van der Waals surface area contributed by atoms with Crippen molar-refractivity contribution in [1.82, 2.24) is 9.80 Å². The van der Waals surface area contributed by atoms with E-state index in [9.17, 15) is 9.59 Å². The second kappa shape index (κ2) is 6.60. The van der Waals surface area contributed by atoms with Crippen LogP contribution in [0, 0.1) is 0 Å². The van der Waals surface area contributed by atoms with Gasteiger partial charge in [0.05, 0.1) is 6.04 Å². The van der Waals surface area contributed by atoms with Gasteiger partial charge in [-0.2, -0.15) is 0 Å². The van der Waals surface area contributed by atoms with Gasteiger partial charge in [0.1, 0.15) is 18.4 Å². The largest absolute Gasteiger partial charge is 0.491 e. The third-order valence-corrected chi connectivity index (χ3v) is 4.80. The molecule has 2 aliphatic rings. The number of nitrogens with zero attached hydrogens (tertiary/aromatic N) is 2. The Hall–Kier alpha value is -2.04. The first-order valence-corrected chi connectivity index (χ1v) is 8.36. The molecule has 124 valence electrons. The number of carbonyl (C=O) groups is 2. The van der Waals surface area contributed by atoms with E-state index in [0.717, 1.165) is 30.6 Å². The SMILES string of the molecule is CC(=O)N1CCCCC1C(=O)N1Cc2ccccc2OCC1C. The molecule has 0 radical (unpaired) electrons. The predicted molar refractivity (Wildman–Crippen MR) is 87.0 cm³/mol. The Bertz CT molecular complexity index is 602. The van der Waals surface area contributed by atoms with Gasteiger partial charge in [-0.05, 0) is 32.3 Å². The van der Waals surface area contributed by atoms with Gasteiger partial charge in [-0.1, -0.05) is 18.2 Å². The number of hydrogen-bond acceptors (Lipinski definition) is 3. The average molecular weight is 316 g/mol. The fourth-order valence-electron chi connectivity index (χ4n) is 3.47. The lowest BCUT2D eigenvalue weighted by molar-refractivity contribution is -0.148. The molecule has 1 aromatic rings. The maximum Gasteiger partial charge on any atom is 0.246 e. The van der Waals surface area contributed by atoms with E-state index in [1.807, 2.05) is 36.1 Å². The highest BCUT2D eigenvalue weighted by molar-refractivity contribution is 5.87. The maximum atomic E-state index is 13.1. The molecule has 0 saturated carbocycles. The van der Waals surface area contributed by atoms with E-state index < -0.39 is 0 Å². The second-order valence-electron chi connectivity index (χ2n) is 6.46. The molecule has 0 spiro atoms. The van der Waals surface area contributed by atoms with E-state index >= 15 is 0 Å². The third-order valence-electron chi connectivity index (χ3n) is 4.80. The van der Waals surface area contributed by atoms with E-state index in [4.69, 9.17) is 4.74 Å². The fourth-order valence-corrected chi connectivity index (χ4v) is 3.47. The zero-order valence-electron chi connectivity index (χ0n) is 13.8. The van der Waals surface area contributed by atoms with Gasteiger partial charge in [0.15, 0.2) is 0 Å². The highest BCUT2D eigenvalue weighted by Crippen LogP contribution is 2.27. The van der Waals surface area contributed by atoms with Crippen LogP contribution in [0.3, 0.4) is 0 Å². The van der Waals surface area contributed by atoms with Crippen LogP contribution in [0.1, 0.15) is 38.7 Å². The molecule has 3 rings (SSSR count). The zero-order chi connectivity index (χ0) is 16.4. The van der Waals surface area contributed by atoms with Crippen molar-refractivity contribution in [3.05, 3.63) is 29.8 Å². The van der Waals surface area contributed by atoms with Crippen molar-refractivity contribution in [2.75, 3.05) is 13.2 Å². The number of likely N-dealkylation sites (tertiary alicyclic amines) is 1. The monoisotopic (exact) mass is 316 g/mol. The zero-order valence-corrected chi connectivity index (χ0v) is 13.8. The minimum absolute atomic E-state index is 0.00867. The normalized spacial score (nSPS) is 24.4. The van der Waals surface area contributed by atoms with E-state index in [1.54, 1.807) is 11.8 Å². The van der Waals surface area contributed by atoms with Crippen molar-refractivity contribution in [1.29, 1.82) is 0 Å². The molecule has 1 saturated heterocycles. The first-order valence-electron chi connectivity index (χ1n) is 8.36. The van der Waals surface area contributed by atoms with Crippen molar-refractivity contribution in [3.8, 4) is 5.75 Å². The Morgan fingerprint density at radius 1 is 1.17 bits per heavy atom. The van der Waals surface area contributed by atoms with Crippen molar-refractivity contribution in [3.63, 3.8) is 0 Å². The van der Waals surface area contributed by atoms with Gasteiger partial charge >= 0.3 is 0 Å². The molecule has 2 unspecified atom stereocenters. The lowest BCUT2D eigenvalue weighted by atomic mass is 10.00. The molecule has 0 N–H and O–H groups in total. The Kier molecular flexibility index (Phi) is 4.55. The summed E-state index contributed by atoms with van der Waals surface area (Å²) in [7, 11) is 0. The van der Waals surface area contributed by atoms with Gasteiger partial charge in [-0.25, -0.2) is 0 Å². The van der Waals surface area contributed by atoms with Gasteiger partial charge < -0.3 is 14.5 Å². The lowest BCUT2D eigenvalue weighted by Crippen LogP contribution is -2.54. The number of rotatable bonds is 1. The van der Waals surface area contributed by atoms with Crippen molar-refractivity contribution >= 4 is 11.8 Å². The molecule has 1 aromatic carbocycles. The topological polar surface area (TPSA) is 49.9 Å². The molecule has 2 amide bonds. The van der Waals surface area contributed by atoms with Gasteiger partial charge in [-0.3, -0.25) is 9.59 Å². The van der Waals surface area contributed by atoms with Crippen LogP contribution >= 0.6 is 0 Å². The number of fused-ring (bicyclic) bond motifs is 1. The fraction of sp³-hybridized carbons (Fsp3) is 0.556. The van der Waals surface area contributed by atoms with Crippen LogP contribution in [0.25, 0.3) is 0 Å². The molecule has 2 aliphatic heterocycles. The van der Waals surface area contributed by atoms with Gasteiger partial charge in [0.25, 0.3) is 0 Å². The van der Waals surface area contributed by atoms with Crippen molar-refractivity contribution in [2.45, 2.75) is 51.7 Å². The van der Waals surface area contributed by atoms with Crippen molar-refractivity contribution in [2.24, 2.45) is 0 Å². The number of benzene rings is 1. The number of hydrogen-bond donors (Lipinski definition) is 0. The summed E-state index contributed by atoms with van der Waals surface area (Å²) in [4.78, 5) is 28.6. The van der Waals surface area contributed by atoms with Crippen LogP contribution in [0.2, 0.25) is 0 Å². The summed E-state index contributed by atoms with van der Waals surface area (Å²) >= 11 is 0. The van der Waals surface area contributed by atoms with Gasteiger partial charge in [-0.15, -0.1) is 0 Å². The van der Waals surface area contributed by atoms with Crippen LogP contribution in [0.5, 0.6) is 5.75 Å². The minimum Gasteiger partial charge on any atom is -0.491 e. The molecule has 5 heteroatoms. The van der Waals surface area contributed by atoms with Crippen LogP contribution in [-0.2, 0) is 16.1 Å². The molecular weight excluding hydrogens is 292 g/mol. The van der Waals surface area contributed by atoms with E-state index in [2.05, 4.69) is 0 Å². The Labute approximate surface area is 137 Å². The summed E-state index contributed by atoms with van der Waals surface area (Å²) in [6.45, 7) is 5.26. The molecular formula is C18H24N2O3. The summed E-state index contributed by atoms with van der Waals surface area (Å²) in [6.07, 6.45) is 2.73. The smallest absolute Gasteiger partial charge is 0.246 e. The Morgan fingerprint density at radius 2 is 1.96 bits per heavy atom. The molecule has 0 aromatic heterocycles. The summed E-state index contributed by atoms with van der Waals surface area (Å²) in [6, 6.07) is 7.51. The molecule has 2 atom stereocenters. The molecule has 23 heavy (non-hydrogen) atoms. The third kappa shape index (κ3) is 3.19. The van der Waals surface area contributed by atoms with Gasteiger partial charge in [0, 0.05) is 25.6 Å². The number of piperidine rings is 1. The molecule has 1 fully saturated rings. The van der Waals surface area contributed by atoms with E-state index in [0.29, 0.717) is 19.7 Å². The number of para-hydroxylation sites is 1. The molecule has 5 nitrogen and oxygen atoms in total. The quantitative estimate of drug-likeness (QED) is 0.798. The highest BCUT2D eigenvalue weighted by Gasteiger charge is 2.36. The Balaban J connectivity index is 1.84. The highest BCUT2D eigenvalue weighted by atomic mass is 16.5. The number of amides is 2. The summed E-state index contributed by atoms with van der Waals surface area (Å²) in [5.74, 6) is 0.886. The first-order chi connectivity index (χ1) is 11.1. The van der Waals surface area contributed by atoms with E-state index in [1.165, 1.54) is 0 Å². The van der Waals surface area contributed by atoms with E-state index in [-0.39, 0.29) is 23.9 Å². The summed E-state index contributed by atoms with van der Waals surface area (Å²) in [5.41, 5.74) is 1.02. The van der Waals surface area contributed by atoms with Crippen LogP contribution in [0.4, 0.5) is 0 Å². The summed E-state index contributed by atoms with van der Waals surface area (Å²) < 4.78 is 5.83. The number of ether oxygens (including phenoxy) is 1. The minimum atomic E-state index is -0.325. The van der Waals surface area contributed by atoms with Gasteiger partial charge in [0.2, 0.25) is 11.8 Å². The second-order valence-corrected chi connectivity index (χ2v) is 6.46. The number of carbonyl (C=O) groups excluding carboxylic acids is 2. The lowest BCUT2D eigenvalue weighted by Gasteiger charge is -2.38. The average Bonchev–Trinajstić information content (AvgIpc) is 2.73. The van der Waals surface area contributed by atoms with Crippen LogP contribution in [0.15, 0.2) is 24.3 Å². The molecule has 0 bridgehead atoms. The maximum absolute atomic E-state index is 13.1. The molecule has 2 heterocycles. The Morgan fingerprint density at radius 3 is 2.74 bits per heavy atom.